The Bertz CT molecular complexity index is 1320. The highest BCUT2D eigenvalue weighted by molar-refractivity contribution is 8.97. The maximum absolute atomic E-state index is 16.0. The largest absolute Gasteiger partial charge is 0.488 e. The molecule has 206 valence electrons. The van der Waals surface area contributed by atoms with Crippen LogP contribution in [0.4, 0.5) is 8.78 Å². The molecule has 0 saturated carbocycles. The summed E-state index contributed by atoms with van der Waals surface area (Å²) in [4.78, 5) is 11.9. The summed E-state index contributed by atoms with van der Waals surface area (Å²) in [5, 5.41) is -4.79. The zero-order valence-electron chi connectivity index (χ0n) is 21.6. The molecule has 0 atom stereocenters. The van der Waals surface area contributed by atoms with Gasteiger partial charge in [0.1, 0.15) is 11.4 Å². The maximum Gasteiger partial charge on any atom is 0.383 e. The molecule has 0 aromatic heterocycles. The molecule has 0 aliphatic heterocycles. The third kappa shape index (κ3) is 5.26. The van der Waals surface area contributed by atoms with Crippen LogP contribution < -0.4 is 4.74 Å². The summed E-state index contributed by atoms with van der Waals surface area (Å²) in [6.07, 6.45) is 0. The molecule has 0 radical (unpaired) electrons. The van der Waals surface area contributed by atoms with Crippen molar-refractivity contribution in [3.8, 4) is 5.75 Å². The predicted octanol–water partition coefficient (Wildman–Crippen LogP) is 7.54. The van der Waals surface area contributed by atoms with Crippen LogP contribution in [-0.4, -0.2) is 36.7 Å². The van der Waals surface area contributed by atoms with Crippen LogP contribution in [0.1, 0.15) is 27.7 Å². The molecule has 0 amide bonds. The number of hydrogen-bond donors (Lipinski definition) is 2. The minimum absolute atomic E-state index is 0.00333. The van der Waals surface area contributed by atoms with Crippen molar-refractivity contribution < 1.29 is 36.4 Å². The Balaban J connectivity index is 2.39. The summed E-state index contributed by atoms with van der Waals surface area (Å²) in [6, 6.07) is 20.8. The lowest BCUT2D eigenvalue weighted by molar-refractivity contribution is -0.145. The van der Waals surface area contributed by atoms with E-state index in [4.69, 9.17) is 4.74 Å². The first-order valence-electron chi connectivity index (χ1n) is 11.6. The lowest BCUT2D eigenvalue weighted by Crippen LogP contribution is -2.55. The predicted molar refractivity (Wildman–Crippen MR) is 146 cm³/mol. The first kappa shape index (κ1) is 29.5. The number of carbonyl (C=O) groups excluding carboxylic acids is 1. The first-order chi connectivity index (χ1) is 17.5. The van der Waals surface area contributed by atoms with Crippen LogP contribution >= 0.6 is 9.06 Å². The van der Waals surface area contributed by atoms with Crippen molar-refractivity contribution >= 4 is 23.7 Å². The molecule has 0 aliphatic carbocycles. The topological polar surface area (TPSA) is 93.1 Å². The molecule has 0 unspecified atom stereocenters. The standard InChI is InChI=1S/C28H32F2O6S2/c1-21(2)26(31)35-20-28(29,30)38(32,33,34)37(23-12-8-6-9-13-23,24-14-10-7-11-15-24)25-18-16-22(17-19-25)36-27(3,4)5/h6-19H,1,20H2,2-5H3,(H2,32,33,34). The van der Waals surface area contributed by atoms with Gasteiger partial charge in [0.05, 0.1) is 0 Å². The van der Waals surface area contributed by atoms with Gasteiger partial charge in [-0.15, -0.1) is 0 Å². The second-order valence-electron chi connectivity index (χ2n) is 9.66. The lowest BCUT2D eigenvalue weighted by Gasteiger charge is -2.56. The molecule has 0 heterocycles. The normalized spacial score (nSPS) is 14.2. The van der Waals surface area contributed by atoms with E-state index in [0.29, 0.717) is 5.75 Å². The van der Waals surface area contributed by atoms with Gasteiger partial charge in [0.2, 0.25) is 0 Å². The van der Waals surface area contributed by atoms with E-state index in [1.807, 2.05) is 20.8 Å². The fourth-order valence-electron chi connectivity index (χ4n) is 3.76. The Morgan fingerprint density at radius 2 is 1.29 bits per heavy atom. The van der Waals surface area contributed by atoms with Gasteiger partial charge in [-0.25, -0.2) is 9.00 Å². The summed E-state index contributed by atoms with van der Waals surface area (Å²) in [6.45, 7) is 8.26. The molecule has 3 aromatic rings. The number of benzene rings is 3. The van der Waals surface area contributed by atoms with Gasteiger partial charge in [0.25, 0.3) is 0 Å². The molecule has 0 spiro atoms. The minimum atomic E-state index is -7.12. The molecule has 38 heavy (non-hydrogen) atoms. The summed E-state index contributed by atoms with van der Waals surface area (Å²) < 4.78 is 80.2. The van der Waals surface area contributed by atoms with Crippen LogP contribution in [0.2, 0.25) is 0 Å². The second-order valence-corrected chi connectivity index (χ2v) is 17.7. The van der Waals surface area contributed by atoms with E-state index in [-0.39, 0.29) is 20.3 Å². The summed E-state index contributed by atoms with van der Waals surface area (Å²) in [7, 11) is -11.2. The van der Waals surface area contributed by atoms with Crippen LogP contribution in [-0.2, 0) is 18.2 Å². The van der Waals surface area contributed by atoms with Gasteiger partial charge in [-0.05, 0) is 76.2 Å². The van der Waals surface area contributed by atoms with Crippen molar-refractivity contribution in [1.82, 2.24) is 0 Å². The minimum Gasteiger partial charge on any atom is -0.488 e. The number of halogens is 2. The van der Waals surface area contributed by atoms with Crippen molar-refractivity contribution in [2.45, 2.75) is 53.2 Å². The van der Waals surface area contributed by atoms with E-state index >= 15 is 8.78 Å². The lowest BCUT2D eigenvalue weighted by atomic mass is 10.2. The maximum atomic E-state index is 16.0. The fourth-order valence-corrected chi connectivity index (χ4v) is 13.2. The van der Waals surface area contributed by atoms with Crippen molar-refractivity contribution in [3.63, 3.8) is 0 Å². The molecule has 10 heteroatoms. The Morgan fingerprint density at radius 1 is 0.868 bits per heavy atom. The molecule has 0 aliphatic rings. The van der Waals surface area contributed by atoms with Crippen LogP contribution in [0.25, 0.3) is 0 Å². The van der Waals surface area contributed by atoms with Gasteiger partial charge in [-0.2, -0.15) is 8.78 Å². The monoisotopic (exact) mass is 566 g/mol. The molecule has 0 saturated heterocycles. The third-order valence-corrected chi connectivity index (χ3v) is 15.4. The van der Waals surface area contributed by atoms with E-state index in [1.54, 1.807) is 12.1 Å². The Labute approximate surface area is 222 Å². The van der Waals surface area contributed by atoms with E-state index in [9.17, 15) is 18.1 Å². The molecule has 3 aromatic carbocycles. The zero-order chi connectivity index (χ0) is 28.4. The van der Waals surface area contributed by atoms with Crippen molar-refractivity contribution in [2.75, 3.05) is 6.61 Å². The molecule has 3 rings (SSSR count). The molecule has 2 N–H and O–H groups in total. The van der Waals surface area contributed by atoms with Gasteiger partial charge in [-0.3, -0.25) is 9.11 Å². The SMILES string of the molecule is C=C(C)C(=O)OCC(F)(F)S(=O)(O)(O)S(c1ccccc1)(c1ccccc1)c1ccc(OC(C)(C)C)cc1. The molecule has 0 fully saturated rings. The average Bonchev–Trinajstić information content (AvgIpc) is 2.83. The highest BCUT2D eigenvalue weighted by Crippen LogP contribution is 2.82. The van der Waals surface area contributed by atoms with Crippen LogP contribution in [0.15, 0.2) is 112 Å². The Hall–Kier alpha value is -3.05. The number of rotatable bonds is 9. The second kappa shape index (κ2) is 10.3. The van der Waals surface area contributed by atoms with Gasteiger partial charge in [0.15, 0.2) is 15.3 Å². The van der Waals surface area contributed by atoms with Crippen LogP contribution in [0, 0.1) is 0 Å². The van der Waals surface area contributed by atoms with E-state index in [0.717, 1.165) is 0 Å². The number of carbonyl (C=O) groups is 1. The van der Waals surface area contributed by atoms with E-state index < -0.39 is 41.2 Å². The third-order valence-electron chi connectivity index (χ3n) is 5.41. The quantitative estimate of drug-likeness (QED) is 0.158. The van der Waals surface area contributed by atoms with Gasteiger partial charge >= 0.3 is 11.2 Å². The average molecular weight is 567 g/mol. The Morgan fingerprint density at radius 3 is 1.68 bits per heavy atom. The van der Waals surface area contributed by atoms with Crippen LogP contribution in [0.5, 0.6) is 5.75 Å². The highest BCUT2D eigenvalue weighted by Gasteiger charge is 2.69. The molecule has 0 bridgehead atoms. The summed E-state index contributed by atoms with van der Waals surface area (Å²) in [5.41, 5.74) is -0.742. The number of esters is 1. The molecular weight excluding hydrogens is 534 g/mol. The van der Waals surface area contributed by atoms with Gasteiger partial charge in [-0.1, -0.05) is 52.0 Å². The van der Waals surface area contributed by atoms with E-state index in [2.05, 4.69) is 11.3 Å². The van der Waals surface area contributed by atoms with Crippen LogP contribution in [0.3, 0.4) is 0 Å². The number of alkyl halides is 2. The van der Waals surface area contributed by atoms with Gasteiger partial charge < -0.3 is 9.47 Å². The number of ether oxygens (including phenoxy) is 2. The summed E-state index contributed by atoms with van der Waals surface area (Å²) >= 11 is 0. The van der Waals surface area contributed by atoms with E-state index in [1.165, 1.54) is 79.7 Å². The molecule has 6 nitrogen and oxygen atoms in total. The summed E-state index contributed by atoms with van der Waals surface area (Å²) in [5.74, 6) is -0.784. The zero-order valence-corrected chi connectivity index (χ0v) is 23.2. The fraction of sp³-hybridized carbons (Fsp3) is 0.250. The number of hydrogen-bond acceptors (Lipinski definition) is 4. The van der Waals surface area contributed by atoms with Crippen molar-refractivity contribution in [3.05, 3.63) is 97.1 Å². The first-order valence-corrected chi connectivity index (χ1v) is 15.6. The van der Waals surface area contributed by atoms with Gasteiger partial charge in [0, 0.05) is 20.3 Å². The van der Waals surface area contributed by atoms with Crippen molar-refractivity contribution in [2.24, 2.45) is 0 Å². The smallest absolute Gasteiger partial charge is 0.383 e. The molecular formula is C28H32F2O6S2. The highest BCUT2D eigenvalue weighted by atomic mass is 33.2. The Kier molecular flexibility index (Phi) is 7.96. The van der Waals surface area contributed by atoms with Crippen molar-refractivity contribution in [1.29, 1.82) is 0 Å².